The Morgan fingerprint density at radius 2 is 2.18 bits per heavy atom. The SMILES string of the molecule is O=C(CCl)c1ncnn1-c1ccc(F)cc1F. The minimum absolute atomic E-state index is 0.0580. The maximum Gasteiger partial charge on any atom is 0.214 e. The third kappa shape index (κ3) is 2.16. The van der Waals surface area contributed by atoms with Gasteiger partial charge in [0.25, 0.3) is 0 Å². The number of ketones is 1. The molecule has 0 atom stereocenters. The number of benzene rings is 1. The fourth-order valence-electron chi connectivity index (χ4n) is 1.32. The van der Waals surface area contributed by atoms with E-state index in [1.807, 2.05) is 0 Å². The third-order valence-electron chi connectivity index (χ3n) is 2.06. The van der Waals surface area contributed by atoms with Crippen LogP contribution in [0.4, 0.5) is 8.78 Å². The van der Waals surface area contributed by atoms with Gasteiger partial charge in [0.05, 0.1) is 5.88 Å². The Bertz CT molecular complexity index is 570. The van der Waals surface area contributed by atoms with Crippen molar-refractivity contribution in [3.8, 4) is 5.69 Å². The van der Waals surface area contributed by atoms with Crippen LogP contribution in [-0.4, -0.2) is 26.4 Å². The number of carbonyl (C=O) groups excluding carboxylic acids is 1. The summed E-state index contributed by atoms with van der Waals surface area (Å²) >= 11 is 5.38. The summed E-state index contributed by atoms with van der Waals surface area (Å²) < 4.78 is 27.2. The molecular weight excluding hydrogens is 252 g/mol. The predicted molar refractivity (Wildman–Crippen MR) is 56.3 cm³/mol. The Kier molecular flexibility index (Phi) is 3.14. The molecule has 0 unspecified atom stereocenters. The minimum Gasteiger partial charge on any atom is -0.289 e. The van der Waals surface area contributed by atoms with E-state index in [2.05, 4.69) is 10.1 Å². The molecule has 0 aliphatic rings. The summed E-state index contributed by atoms with van der Waals surface area (Å²) in [7, 11) is 0. The molecule has 88 valence electrons. The molecule has 0 bridgehead atoms. The molecule has 7 heteroatoms. The highest BCUT2D eigenvalue weighted by Crippen LogP contribution is 2.15. The Morgan fingerprint density at radius 1 is 1.41 bits per heavy atom. The van der Waals surface area contributed by atoms with Crippen molar-refractivity contribution in [1.29, 1.82) is 0 Å². The molecule has 0 amide bonds. The van der Waals surface area contributed by atoms with Crippen molar-refractivity contribution in [2.24, 2.45) is 0 Å². The number of hydrogen-bond donors (Lipinski definition) is 0. The highest BCUT2D eigenvalue weighted by Gasteiger charge is 2.16. The van der Waals surface area contributed by atoms with Crippen LogP contribution in [0.15, 0.2) is 24.5 Å². The van der Waals surface area contributed by atoms with Gasteiger partial charge in [0.15, 0.2) is 5.82 Å². The van der Waals surface area contributed by atoms with E-state index in [9.17, 15) is 13.6 Å². The van der Waals surface area contributed by atoms with Crippen LogP contribution in [0.3, 0.4) is 0 Å². The summed E-state index contributed by atoms with van der Waals surface area (Å²) in [5.74, 6) is -2.42. The average molecular weight is 258 g/mol. The zero-order chi connectivity index (χ0) is 12.4. The number of nitrogens with zero attached hydrogens (tertiary/aromatic N) is 3. The van der Waals surface area contributed by atoms with Crippen LogP contribution in [0.5, 0.6) is 0 Å². The summed E-state index contributed by atoms with van der Waals surface area (Å²) in [5, 5.41) is 3.71. The van der Waals surface area contributed by atoms with Gasteiger partial charge in [0, 0.05) is 6.07 Å². The fourth-order valence-corrected chi connectivity index (χ4v) is 1.44. The summed E-state index contributed by atoms with van der Waals surface area (Å²) in [5.41, 5.74) is -0.0580. The third-order valence-corrected chi connectivity index (χ3v) is 2.30. The lowest BCUT2D eigenvalue weighted by atomic mass is 10.3. The first-order chi connectivity index (χ1) is 8.13. The van der Waals surface area contributed by atoms with Gasteiger partial charge in [0.2, 0.25) is 11.6 Å². The Morgan fingerprint density at radius 3 is 2.82 bits per heavy atom. The molecule has 0 fully saturated rings. The summed E-state index contributed by atoms with van der Waals surface area (Å²) in [4.78, 5) is 15.1. The van der Waals surface area contributed by atoms with Crippen LogP contribution in [0.25, 0.3) is 5.69 Å². The Balaban J connectivity index is 2.53. The molecule has 0 aliphatic heterocycles. The molecule has 17 heavy (non-hydrogen) atoms. The van der Waals surface area contributed by atoms with Crippen LogP contribution >= 0.6 is 11.6 Å². The van der Waals surface area contributed by atoms with E-state index in [-0.39, 0.29) is 17.4 Å². The van der Waals surface area contributed by atoms with E-state index in [1.165, 1.54) is 6.07 Å². The zero-order valence-electron chi connectivity index (χ0n) is 8.40. The van der Waals surface area contributed by atoms with Crippen molar-refractivity contribution < 1.29 is 13.6 Å². The van der Waals surface area contributed by atoms with Gasteiger partial charge in [-0.3, -0.25) is 4.79 Å². The first-order valence-corrected chi connectivity index (χ1v) is 5.11. The van der Waals surface area contributed by atoms with E-state index >= 15 is 0 Å². The molecule has 0 radical (unpaired) electrons. The maximum atomic E-state index is 13.5. The van der Waals surface area contributed by atoms with Crippen molar-refractivity contribution in [2.75, 3.05) is 5.88 Å². The molecule has 0 saturated heterocycles. The first kappa shape index (κ1) is 11.7. The second-order valence-corrected chi connectivity index (χ2v) is 3.42. The van der Waals surface area contributed by atoms with E-state index in [0.29, 0.717) is 6.07 Å². The van der Waals surface area contributed by atoms with Gasteiger partial charge in [-0.1, -0.05) is 0 Å². The van der Waals surface area contributed by atoms with Gasteiger partial charge < -0.3 is 0 Å². The summed E-state index contributed by atoms with van der Waals surface area (Å²) in [6, 6.07) is 2.94. The maximum absolute atomic E-state index is 13.5. The summed E-state index contributed by atoms with van der Waals surface area (Å²) in [6.45, 7) is 0. The van der Waals surface area contributed by atoms with Gasteiger partial charge in [0.1, 0.15) is 17.8 Å². The standard InChI is InChI=1S/C10H6ClF2N3O/c11-4-9(17)10-14-5-15-16(10)8-2-1-6(12)3-7(8)13/h1-3,5H,4H2. The Hall–Kier alpha value is -1.82. The van der Waals surface area contributed by atoms with Crippen molar-refractivity contribution in [2.45, 2.75) is 0 Å². The number of carbonyl (C=O) groups is 1. The molecule has 0 N–H and O–H groups in total. The number of halogens is 3. The van der Waals surface area contributed by atoms with Gasteiger partial charge in [-0.15, -0.1) is 11.6 Å². The van der Waals surface area contributed by atoms with Crippen LogP contribution < -0.4 is 0 Å². The highest BCUT2D eigenvalue weighted by atomic mass is 35.5. The summed E-state index contributed by atoms with van der Waals surface area (Å²) in [6.07, 6.45) is 1.10. The minimum atomic E-state index is -0.834. The van der Waals surface area contributed by atoms with E-state index < -0.39 is 17.4 Å². The van der Waals surface area contributed by atoms with Gasteiger partial charge in [-0.2, -0.15) is 5.10 Å². The molecule has 0 aliphatic carbocycles. The highest BCUT2D eigenvalue weighted by molar-refractivity contribution is 6.29. The zero-order valence-corrected chi connectivity index (χ0v) is 9.16. The molecule has 0 spiro atoms. The second-order valence-electron chi connectivity index (χ2n) is 3.15. The van der Waals surface area contributed by atoms with Crippen molar-refractivity contribution in [3.05, 3.63) is 42.0 Å². The van der Waals surface area contributed by atoms with Crippen molar-refractivity contribution in [3.63, 3.8) is 0 Å². The number of aromatic nitrogens is 3. The van der Waals surface area contributed by atoms with Crippen LogP contribution in [0, 0.1) is 11.6 Å². The topological polar surface area (TPSA) is 47.8 Å². The normalized spacial score (nSPS) is 10.5. The van der Waals surface area contributed by atoms with Crippen molar-refractivity contribution in [1.82, 2.24) is 14.8 Å². The van der Waals surface area contributed by atoms with Crippen LogP contribution in [-0.2, 0) is 0 Å². The van der Waals surface area contributed by atoms with Crippen LogP contribution in [0.2, 0.25) is 0 Å². The molecule has 2 aromatic rings. The molecule has 1 aromatic carbocycles. The second kappa shape index (κ2) is 4.58. The van der Waals surface area contributed by atoms with E-state index in [1.54, 1.807) is 0 Å². The van der Waals surface area contributed by atoms with E-state index in [0.717, 1.165) is 17.1 Å². The lowest BCUT2D eigenvalue weighted by Gasteiger charge is -2.05. The number of alkyl halides is 1. The van der Waals surface area contributed by atoms with Gasteiger partial charge >= 0.3 is 0 Å². The number of Topliss-reactive ketones (excluding diaryl/α,β-unsaturated/α-hetero) is 1. The first-order valence-electron chi connectivity index (χ1n) is 4.58. The molecule has 2 rings (SSSR count). The molecule has 1 aromatic heterocycles. The quantitative estimate of drug-likeness (QED) is 0.624. The lowest BCUT2D eigenvalue weighted by Crippen LogP contribution is -2.12. The van der Waals surface area contributed by atoms with Crippen LogP contribution in [0.1, 0.15) is 10.6 Å². The lowest BCUT2D eigenvalue weighted by molar-refractivity contribution is 0.100. The largest absolute Gasteiger partial charge is 0.289 e. The predicted octanol–water partition coefficient (Wildman–Crippen LogP) is 1.97. The Labute approximate surface area is 99.8 Å². The molecule has 1 heterocycles. The molecular formula is C10H6ClF2N3O. The molecule has 4 nitrogen and oxygen atoms in total. The number of rotatable bonds is 3. The van der Waals surface area contributed by atoms with Gasteiger partial charge in [-0.05, 0) is 12.1 Å². The number of hydrogen-bond acceptors (Lipinski definition) is 3. The van der Waals surface area contributed by atoms with Gasteiger partial charge in [-0.25, -0.2) is 18.4 Å². The van der Waals surface area contributed by atoms with E-state index in [4.69, 9.17) is 11.6 Å². The molecule has 0 saturated carbocycles. The fraction of sp³-hybridized carbons (Fsp3) is 0.100. The smallest absolute Gasteiger partial charge is 0.214 e. The van der Waals surface area contributed by atoms with Crippen molar-refractivity contribution >= 4 is 17.4 Å². The monoisotopic (exact) mass is 257 g/mol. The average Bonchev–Trinajstić information content (AvgIpc) is 2.77.